The normalized spacial score (nSPS) is 28.1. The number of aryl methyl sites for hydroxylation is 1. The number of hydrogen-bond acceptors (Lipinski definition) is 0. The second-order valence-electron chi connectivity index (χ2n) is 9.97. The first kappa shape index (κ1) is 22.6. The molecule has 0 heterocycles. The van der Waals surface area contributed by atoms with E-state index in [4.69, 9.17) is 0 Å². The van der Waals surface area contributed by atoms with Gasteiger partial charge in [0.2, 0.25) is 0 Å². The van der Waals surface area contributed by atoms with Crippen LogP contribution in [0.25, 0.3) is 0 Å². The van der Waals surface area contributed by atoms with Crippen molar-refractivity contribution >= 4 is 0 Å². The van der Waals surface area contributed by atoms with Gasteiger partial charge in [-0.1, -0.05) is 82.2 Å². The van der Waals surface area contributed by atoms with Gasteiger partial charge in [0.05, 0.1) is 6.33 Å². The molecule has 0 N–H and O–H groups in total. The Morgan fingerprint density at radius 3 is 1.90 bits per heavy atom. The van der Waals surface area contributed by atoms with E-state index in [9.17, 15) is 4.39 Å². The summed E-state index contributed by atoms with van der Waals surface area (Å²) in [6, 6.07) is 9.58. The maximum Gasteiger partial charge on any atom is 0.0827 e. The van der Waals surface area contributed by atoms with Crippen LogP contribution in [0.4, 0.5) is 4.39 Å². The molecule has 0 bridgehead atoms. The van der Waals surface area contributed by atoms with Gasteiger partial charge >= 0.3 is 0 Å². The molecule has 2 aliphatic carbocycles. The minimum absolute atomic E-state index is 0.711. The molecule has 0 radical (unpaired) electrons. The van der Waals surface area contributed by atoms with Crippen molar-refractivity contribution in [1.29, 1.82) is 0 Å². The highest BCUT2D eigenvalue weighted by molar-refractivity contribution is 5.26. The van der Waals surface area contributed by atoms with E-state index in [1.165, 1.54) is 95.5 Å². The Hall–Kier alpha value is -1.11. The first-order chi connectivity index (χ1) is 14.3. The van der Waals surface area contributed by atoms with Crippen molar-refractivity contribution in [3.8, 4) is 0 Å². The summed E-state index contributed by atoms with van der Waals surface area (Å²) in [5, 5.41) is 0. The monoisotopic (exact) mass is 398 g/mol. The van der Waals surface area contributed by atoms with Crippen molar-refractivity contribution < 1.29 is 4.39 Å². The fourth-order valence-electron chi connectivity index (χ4n) is 5.80. The zero-order valence-corrected chi connectivity index (χ0v) is 18.8. The molecule has 2 fully saturated rings. The van der Waals surface area contributed by atoms with Crippen LogP contribution >= 0.6 is 0 Å². The van der Waals surface area contributed by atoms with Crippen LogP contribution in [0, 0.1) is 17.8 Å². The lowest BCUT2D eigenvalue weighted by molar-refractivity contribution is 0.225. The van der Waals surface area contributed by atoms with Gasteiger partial charge in [0.15, 0.2) is 0 Å². The Morgan fingerprint density at radius 2 is 1.34 bits per heavy atom. The van der Waals surface area contributed by atoms with E-state index >= 15 is 0 Å². The summed E-state index contributed by atoms with van der Waals surface area (Å²) in [6.45, 7) is 2.27. The molecule has 0 aliphatic heterocycles. The maximum atomic E-state index is 12.1. The van der Waals surface area contributed by atoms with Gasteiger partial charge in [-0.3, -0.25) is 0 Å². The van der Waals surface area contributed by atoms with Gasteiger partial charge in [-0.15, -0.1) is 0 Å². The summed E-state index contributed by atoms with van der Waals surface area (Å²) in [7, 11) is 0. The van der Waals surface area contributed by atoms with Gasteiger partial charge in [-0.05, 0) is 86.2 Å². The molecule has 162 valence electrons. The summed E-state index contributed by atoms with van der Waals surface area (Å²) >= 11 is 0. The van der Waals surface area contributed by atoms with Crippen LogP contribution in [-0.4, -0.2) is 0 Å². The van der Waals surface area contributed by atoms with E-state index in [1.807, 2.05) is 0 Å². The van der Waals surface area contributed by atoms with E-state index in [0.717, 1.165) is 30.1 Å². The van der Waals surface area contributed by atoms with E-state index in [-0.39, 0.29) is 0 Å². The predicted molar refractivity (Wildman–Crippen MR) is 124 cm³/mol. The van der Waals surface area contributed by atoms with Crippen LogP contribution < -0.4 is 0 Å². The molecule has 0 spiro atoms. The lowest BCUT2D eigenvalue weighted by Crippen LogP contribution is -2.17. The highest BCUT2D eigenvalue weighted by Gasteiger charge is 2.25. The Balaban J connectivity index is 1.31. The smallest absolute Gasteiger partial charge is 0.0827 e. The van der Waals surface area contributed by atoms with Gasteiger partial charge in [0.1, 0.15) is 0 Å². The van der Waals surface area contributed by atoms with Crippen LogP contribution in [0.5, 0.6) is 0 Å². The zero-order chi connectivity index (χ0) is 20.3. The van der Waals surface area contributed by atoms with Gasteiger partial charge in [0.25, 0.3) is 0 Å². The predicted octanol–water partition coefficient (Wildman–Crippen LogP) is 9.15. The van der Waals surface area contributed by atoms with Crippen molar-refractivity contribution in [2.45, 2.75) is 109 Å². The SMILES string of the molecule is CCCCc1ccc(C2CCC(CCC3CCC(CC/C=C/F)CC3)CC2)cc1. The number of rotatable bonds is 10. The summed E-state index contributed by atoms with van der Waals surface area (Å²) in [4.78, 5) is 0. The second-order valence-corrected chi connectivity index (χ2v) is 9.97. The molecule has 0 aromatic heterocycles. The van der Waals surface area contributed by atoms with Crippen LogP contribution in [0.15, 0.2) is 36.7 Å². The van der Waals surface area contributed by atoms with Gasteiger partial charge < -0.3 is 0 Å². The molecule has 0 unspecified atom stereocenters. The quantitative estimate of drug-likeness (QED) is 0.368. The second kappa shape index (κ2) is 12.6. The molecule has 3 rings (SSSR count). The molecule has 0 amide bonds. The Morgan fingerprint density at radius 1 is 0.793 bits per heavy atom. The van der Waals surface area contributed by atoms with E-state index in [2.05, 4.69) is 31.2 Å². The lowest BCUT2D eigenvalue weighted by atomic mass is 9.74. The van der Waals surface area contributed by atoms with Gasteiger partial charge in [-0.25, -0.2) is 4.39 Å². The Bertz CT molecular complexity index is 571. The summed E-state index contributed by atoms with van der Waals surface area (Å²) in [6.07, 6.45) is 22.5. The van der Waals surface area contributed by atoms with Crippen LogP contribution in [-0.2, 0) is 6.42 Å². The molecule has 2 saturated carbocycles. The largest absolute Gasteiger partial charge is 0.216 e. The van der Waals surface area contributed by atoms with Crippen molar-refractivity contribution in [3.05, 3.63) is 47.8 Å². The number of unbranched alkanes of at least 4 members (excludes halogenated alkanes) is 1. The number of benzene rings is 1. The van der Waals surface area contributed by atoms with Crippen LogP contribution in [0.1, 0.15) is 114 Å². The van der Waals surface area contributed by atoms with Crippen molar-refractivity contribution in [3.63, 3.8) is 0 Å². The Kier molecular flexibility index (Phi) is 9.77. The number of allylic oxidation sites excluding steroid dienone is 1. The minimum Gasteiger partial charge on any atom is -0.216 e. The van der Waals surface area contributed by atoms with E-state index in [1.54, 1.807) is 11.6 Å². The average molecular weight is 399 g/mol. The average Bonchev–Trinajstić information content (AvgIpc) is 2.78. The highest BCUT2D eigenvalue weighted by Crippen LogP contribution is 2.40. The standard InChI is InChI=1S/C28H43F/c1-2-3-6-23-14-18-27(19-15-23)28-20-16-26(17-21-28)13-12-25-10-8-24(9-11-25)7-4-5-22-29/h5,14-15,18-19,22,24-26,28H,2-4,6-13,16-17,20-21H2,1H3/b22-5+. The fourth-order valence-corrected chi connectivity index (χ4v) is 5.80. The van der Waals surface area contributed by atoms with Crippen molar-refractivity contribution in [2.75, 3.05) is 0 Å². The molecule has 0 nitrogen and oxygen atoms in total. The van der Waals surface area contributed by atoms with Gasteiger partial charge in [0, 0.05) is 0 Å². The molecular formula is C28H43F. The summed E-state index contributed by atoms with van der Waals surface area (Å²) in [5.41, 5.74) is 3.10. The van der Waals surface area contributed by atoms with Crippen LogP contribution in [0.2, 0.25) is 0 Å². The van der Waals surface area contributed by atoms with Crippen LogP contribution in [0.3, 0.4) is 0 Å². The molecule has 0 saturated heterocycles. The first-order valence-corrected chi connectivity index (χ1v) is 12.6. The highest BCUT2D eigenvalue weighted by atomic mass is 19.1. The molecule has 1 heteroatoms. The molecular weight excluding hydrogens is 355 g/mol. The third-order valence-corrected chi connectivity index (χ3v) is 7.90. The fraction of sp³-hybridized carbons (Fsp3) is 0.714. The Labute approximate surface area is 179 Å². The third kappa shape index (κ3) is 7.58. The lowest BCUT2D eigenvalue weighted by Gasteiger charge is -2.32. The number of hydrogen-bond donors (Lipinski definition) is 0. The first-order valence-electron chi connectivity index (χ1n) is 12.6. The number of halogens is 1. The maximum absolute atomic E-state index is 12.1. The van der Waals surface area contributed by atoms with Gasteiger partial charge in [-0.2, -0.15) is 0 Å². The zero-order valence-electron chi connectivity index (χ0n) is 18.8. The molecule has 29 heavy (non-hydrogen) atoms. The van der Waals surface area contributed by atoms with E-state index in [0.29, 0.717) is 6.33 Å². The van der Waals surface area contributed by atoms with E-state index < -0.39 is 0 Å². The topological polar surface area (TPSA) is 0 Å². The minimum atomic E-state index is 0.711. The molecule has 1 aromatic rings. The summed E-state index contributed by atoms with van der Waals surface area (Å²) < 4.78 is 12.1. The molecule has 0 atom stereocenters. The summed E-state index contributed by atoms with van der Waals surface area (Å²) in [5.74, 6) is 3.60. The molecule has 2 aliphatic rings. The van der Waals surface area contributed by atoms with Crippen molar-refractivity contribution in [2.24, 2.45) is 17.8 Å². The van der Waals surface area contributed by atoms with Crippen molar-refractivity contribution in [1.82, 2.24) is 0 Å². The molecule has 1 aromatic carbocycles. The third-order valence-electron chi connectivity index (χ3n) is 7.90.